The van der Waals surface area contributed by atoms with Crippen LogP contribution in [0.3, 0.4) is 0 Å². The summed E-state index contributed by atoms with van der Waals surface area (Å²) >= 11 is 0. The highest BCUT2D eigenvalue weighted by atomic mass is 16.5. The van der Waals surface area contributed by atoms with Crippen molar-refractivity contribution < 1.29 is 4.74 Å². The molecule has 3 heterocycles. The van der Waals surface area contributed by atoms with Crippen molar-refractivity contribution in [2.45, 2.75) is 45.8 Å². The molecular weight excluding hydrogens is 322 g/mol. The molecule has 4 rings (SSSR count). The Hall–Kier alpha value is -1.65. The maximum Gasteiger partial charge on any atom is 0.0726 e. The molecule has 2 saturated heterocycles. The number of para-hydroxylation sites is 1. The summed E-state index contributed by atoms with van der Waals surface area (Å²) in [6, 6.07) is 10.8. The minimum atomic E-state index is 0.366. The van der Waals surface area contributed by atoms with Gasteiger partial charge < -0.3 is 9.64 Å². The Morgan fingerprint density at radius 3 is 2.50 bits per heavy atom. The Morgan fingerprint density at radius 2 is 1.77 bits per heavy atom. The number of pyridine rings is 1. The van der Waals surface area contributed by atoms with Crippen LogP contribution in [0.25, 0.3) is 10.9 Å². The maximum absolute atomic E-state index is 5.88. The van der Waals surface area contributed by atoms with E-state index in [1.165, 1.54) is 30.5 Å². The van der Waals surface area contributed by atoms with Gasteiger partial charge in [-0.15, -0.1) is 0 Å². The number of fused-ring (bicyclic) bond motifs is 1. The van der Waals surface area contributed by atoms with Crippen molar-refractivity contribution in [3.8, 4) is 0 Å². The van der Waals surface area contributed by atoms with Gasteiger partial charge in [0.1, 0.15) is 0 Å². The number of anilines is 1. The van der Waals surface area contributed by atoms with E-state index in [9.17, 15) is 0 Å². The summed E-state index contributed by atoms with van der Waals surface area (Å²) in [5, 5.41) is 1.28. The molecule has 0 amide bonds. The summed E-state index contributed by atoms with van der Waals surface area (Å²) in [6.07, 6.45) is 3.28. The third-order valence-electron chi connectivity index (χ3n) is 5.79. The van der Waals surface area contributed by atoms with Gasteiger partial charge in [0.2, 0.25) is 0 Å². The van der Waals surface area contributed by atoms with E-state index in [1.807, 2.05) is 0 Å². The monoisotopic (exact) mass is 353 g/mol. The minimum Gasteiger partial charge on any atom is -0.373 e. The summed E-state index contributed by atoms with van der Waals surface area (Å²) in [5.74, 6) is 0.804. The van der Waals surface area contributed by atoms with Crippen LogP contribution >= 0.6 is 0 Å². The zero-order valence-corrected chi connectivity index (χ0v) is 16.3. The van der Waals surface area contributed by atoms with Crippen molar-refractivity contribution in [1.29, 1.82) is 0 Å². The molecule has 0 aliphatic carbocycles. The molecule has 2 fully saturated rings. The van der Waals surface area contributed by atoms with Crippen molar-refractivity contribution in [3.05, 3.63) is 36.0 Å². The van der Waals surface area contributed by atoms with E-state index in [1.54, 1.807) is 0 Å². The fraction of sp³-hybridized carbons (Fsp3) is 0.591. The van der Waals surface area contributed by atoms with Gasteiger partial charge in [-0.05, 0) is 51.7 Å². The van der Waals surface area contributed by atoms with Crippen LogP contribution in [0.4, 0.5) is 5.69 Å². The molecule has 2 aromatic rings. The number of rotatable bonds is 3. The van der Waals surface area contributed by atoms with Crippen LogP contribution in [0.5, 0.6) is 0 Å². The molecule has 2 atom stereocenters. The van der Waals surface area contributed by atoms with Crippen LogP contribution in [-0.2, 0) is 4.74 Å². The molecule has 0 N–H and O–H groups in total. The van der Waals surface area contributed by atoms with E-state index in [4.69, 9.17) is 9.72 Å². The first-order valence-corrected chi connectivity index (χ1v) is 10.1. The number of aromatic nitrogens is 1. The molecule has 4 heteroatoms. The molecule has 1 aromatic carbocycles. The normalized spacial score (nSPS) is 25.7. The molecule has 140 valence electrons. The fourth-order valence-corrected chi connectivity index (χ4v) is 4.70. The Labute approximate surface area is 157 Å². The van der Waals surface area contributed by atoms with Gasteiger partial charge in [-0.2, -0.15) is 0 Å². The number of aryl methyl sites for hydroxylation is 1. The molecule has 0 radical (unpaired) electrons. The molecule has 4 nitrogen and oxygen atoms in total. The van der Waals surface area contributed by atoms with Gasteiger partial charge in [0.25, 0.3) is 0 Å². The van der Waals surface area contributed by atoms with Crippen LogP contribution in [-0.4, -0.2) is 54.8 Å². The lowest BCUT2D eigenvalue weighted by Crippen LogP contribution is -2.48. The van der Waals surface area contributed by atoms with Crippen LogP contribution in [0.15, 0.2) is 30.3 Å². The first-order chi connectivity index (χ1) is 12.6. The molecule has 26 heavy (non-hydrogen) atoms. The molecule has 0 spiro atoms. The second kappa shape index (κ2) is 7.53. The Kier molecular flexibility index (Phi) is 5.14. The molecule has 0 bridgehead atoms. The van der Waals surface area contributed by atoms with Crippen LogP contribution in [0, 0.1) is 12.8 Å². The van der Waals surface area contributed by atoms with Gasteiger partial charge in [0.15, 0.2) is 0 Å². The van der Waals surface area contributed by atoms with Gasteiger partial charge >= 0.3 is 0 Å². The molecular formula is C22H31N3O. The molecule has 2 aliphatic rings. The first-order valence-electron chi connectivity index (χ1n) is 10.1. The Bertz CT molecular complexity index is 744. The van der Waals surface area contributed by atoms with Crippen molar-refractivity contribution in [3.63, 3.8) is 0 Å². The highest BCUT2D eigenvalue weighted by Gasteiger charge is 2.27. The van der Waals surface area contributed by atoms with E-state index >= 15 is 0 Å². The lowest BCUT2D eigenvalue weighted by molar-refractivity contribution is -0.0720. The highest BCUT2D eigenvalue weighted by molar-refractivity contribution is 5.92. The van der Waals surface area contributed by atoms with Crippen molar-refractivity contribution in [1.82, 2.24) is 9.88 Å². The SMILES string of the molecule is Cc1cc(N2CCC(CN3CC(C)OC(C)C3)CC2)c2ccccc2n1. The average Bonchev–Trinajstić information content (AvgIpc) is 2.61. The smallest absolute Gasteiger partial charge is 0.0726 e. The summed E-state index contributed by atoms with van der Waals surface area (Å²) in [4.78, 5) is 9.88. The predicted octanol–water partition coefficient (Wildman–Crippen LogP) is 3.87. The maximum atomic E-state index is 5.88. The second-order valence-corrected chi connectivity index (χ2v) is 8.21. The van der Waals surface area contributed by atoms with Gasteiger partial charge in [-0.25, -0.2) is 0 Å². The number of hydrogen-bond acceptors (Lipinski definition) is 4. The summed E-state index contributed by atoms with van der Waals surface area (Å²) in [7, 11) is 0. The summed E-state index contributed by atoms with van der Waals surface area (Å²) in [5.41, 5.74) is 3.58. The van der Waals surface area contributed by atoms with Gasteiger partial charge in [-0.3, -0.25) is 9.88 Å². The third-order valence-corrected chi connectivity index (χ3v) is 5.79. The Balaban J connectivity index is 1.41. The van der Waals surface area contributed by atoms with E-state index in [0.717, 1.165) is 43.3 Å². The Morgan fingerprint density at radius 1 is 1.08 bits per heavy atom. The minimum absolute atomic E-state index is 0.366. The quantitative estimate of drug-likeness (QED) is 0.837. The lowest BCUT2D eigenvalue weighted by Gasteiger charge is -2.40. The fourth-order valence-electron chi connectivity index (χ4n) is 4.70. The van der Waals surface area contributed by atoms with E-state index in [2.05, 4.69) is 60.9 Å². The number of benzene rings is 1. The van der Waals surface area contributed by atoms with Gasteiger partial charge in [0.05, 0.1) is 17.7 Å². The third kappa shape index (κ3) is 3.86. The number of nitrogens with zero attached hydrogens (tertiary/aromatic N) is 3. The van der Waals surface area contributed by atoms with E-state index in [0.29, 0.717) is 12.2 Å². The summed E-state index contributed by atoms with van der Waals surface area (Å²) < 4.78 is 5.88. The molecule has 0 saturated carbocycles. The number of ether oxygens (including phenoxy) is 1. The zero-order chi connectivity index (χ0) is 18.1. The molecule has 2 unspecified atom stereocenters. The van der Waals surface area contributed by atoms with Crippen molar-refractivity contribution >= 4 is 16.6 Å². The lowest BCUT2D eigenvalue weighted by atomic mass is 9.95. The predicted molar refractivity (Wildman–Crippen MR) is 108 cm³/mol. The van der Waals surface area contributed by atoms with Crippen LogP contribution < -0.4 is 4.90 Å². The zero-order valence-electron chi connectivity index (χ0n) is 16.3. The number of hydrogen-bond donors (Lipinski definition) is 0. The summed E-state index contributed by atoms with van der Waals surface area (Å²) in [6.45, 7) is 12.2. The van der Waals surface area contributed by atoms with Crippen molar-refractivity contribution in [2.75, 3.05) is 37.6 Å². The number of morpholine rings is 1. The number of piperidine rings is 1. The van der Waals surface area contributed by atoms with Gasteiger partial charge in [0, 0.05) is 49.5 Å². The second-order valence-electron chi connectivity index (χ2n) is 8.21. The average molecular weight is 354 g/mol. The molecule has 2 aliphatic heterocycles. The first kappa shape index (κ1) is 17.7. The van der Waals surface area contributed by atoms with Crippen LogP contribution in [0.2, 0.25) is 0 Å². The van der Waals surface area contributed by atoms with E-state index in [-0.39, 0.29) is 0 Å². The standard InChI is InChI=1S/C22H31N3O/c1-16-12-22(20-6-4-5-7-21(20)23-16)25-10-8-19(9-11-25)15-24-13-17(2)26-18(3)14-24/h4-7,12,17-19H,8-11,13-15H2,1-3H3. The molecule has 1 aromatic heterocycles. The highest BCUT2D eigenvalue weighted by Crippen LogP contribution is 2.30. The van der Waals surface area contributed by atoms with Crippen molar-refractivity contribution in [2.24, 2.45) is 5.92 Å². The topological polar surface area (TPSA) is 28.6 Å². The largest absolute Gasteiger partial charge is 0.373 e. The van der Waals surface area contributed by atoms with Crippen LogP contribution in [0.1, 0.15) is 32.4 Å². The van der Waals surface area contributed by atoms with E-state index < -0.39 is 0 Å². The van der Waals surface area contributed by atoms with Gasteiger partial charge in [-0.1, -0.05) is 18.2 Å².